The Labute approximate surface area is 173 Å². The number of hydrogen-bond acceptors (Lipinski definition) is 6. The lowest BCUT2D eigenvalue weighted by molar-refractivity contribution is -0.173. The first-order valence-electron chi connectivity index (χ1n) is 9.81. The molecule has 2 atom stereocenters. The van der Waals surface area contributed by atoms with Crippen molar-refractivity contribution in [1.82, 2.24) is 5.32 Å². The summed E-state index contributed by atoms with van der Waals surface area (Å²) in [5.74, 6) is -1.89. The van der Waals surface area contributed by atoms with Crippen molar-refractivity contribution in [2.24, 2.45) is 11.8 Å². The van der Waals surface area contributed by atoms with Gasteiger partial charge in [-0.2, -0.15) is 0 Å². The van der Waals surface area contributed by atoms with Gasteiger partial charge in [-0.05, 0) is 32.3 Å². The Bertz CT molecular complexity index is 678. The maximum Gasteiger partial charge on any atom is 0.408 e. The van der Waals surface area contributed by atoms with Gasteiger partial charge in [-0.1, -0.05) is 58.0 Å². The summed E-state index contributed by atoms with van der Waals surface area (Å²) in [5, 5.41) is 2.53. The number of benzene rings is 1. The predicted molar refractivity (Wildman–Crippen MR) is 109 cm³/mol. The molecule has 1 rings (SSSR count). The number of esters is 2. The van der Waals surface area contributed by atoms with Gasteiger partial charge in [0, 0.05) is 5.92 Å². The monoisotopic (exact) mass is 407 g/mol. The molecule has 29 heavy (non-hydrogen) atoms. The van der Waals surface area contributed by atoms with Gasteiger partial charge in [0.15, 0.2) is 0 Å². The SMILES string of the molecule is CC(C)C(NC(=O)OC(C)(C)C)C(=O)OC(C(=O)OCc1ccccc1)C(C)C. The number of hydrogen-bond donors (Lipinski definition) is 1. The van der Waals surface area contributed by atoms with E-state index < -0.39 is 35.8 Å². The average Bonchev–Trinajstić information content (AvgIpc) is 2.60. The third-order valence-corrected chi connectivity index (χ3v) is 3.90. The van der Waals surface area contributed by atoms with Crippen LogP contribution in [0.1, 0.15) is 54.0 Å². The van der Waals surface area contributed by atoms with Gasteiger partial charge in [-0.3, -0.25) is 0 Å². The number of amides is 1. The van der Waals surface area contributed by atoms with Crippen molar-refractivity contribution in [3.8, 4) is 0 Å². The third kappa shape index (κ3) is 8.98. The Balaban J connectivity index is 2.76. The van der Waals surface area contributed by atoms with Crippen LogP contribution in [0.2, 0.25) is 0 Å². The quantitative estimate of drug-likeness (QED) is 0.520. The molecule has 0 radical (unpaired) electrons. The van der Waals surface area contributed by atoms with Crippen LogP contribution in [-0.4, -0.2) is 35.8 Å². The molecule has 0 aromatic heterocycles. The molecule has 1 aromatic carbocycles. The summed E-state index contributed by atoms with van der Waals surface area (Å²) in [4.78, 5) is 37.2. The summed E-state index contributed by atoms with van der Waals surface area (Å²) in [6, 6.07) is 8.28. The lowest BCUT2D eigenvalue weighted by Crippen LogP contribution is -2.49. The zero-order valence-corrected chi connectivity index (χ0v) is 18.4. The van der Waals surface area contributed by atoms with E-state index in [1.54, 1.807) is 48.5 Å². The zero-order valence-electron chi connectivity index (χ0n) is 18.4. The molecule has 1 aromatic rings. The average molecular weight is 408 g/mol. The summed E-state index contributed by atoms with van der Waals surface area (Å²) in [6.07, 6.45) is -1.80. The molecule has 0 aliphatic rings. The molecule has 7 nitrogen and oxygen atoms in total. The van der Waals surface area contributed by atoms with Gasteiger partial charge < -0.3 is 19.5 Å². The third-order valence-electron chi connectivity index (χ3n) is 3.90. The highest BCUT2D eigenvalue weighted by molar-refractivity contribution is 5.85. The standard InChI is InChI=1S/C22H33NO6/c1-14(2)17(23-21(26)29-22(5,6)7)19(24)28-18(15(3)4)20(25)27-13-16-11-9-8-10-12-16/h8-12,14-15,17-18H,13H2,1-7H3,(H,23,26). The minimum Gasteiger partial charge on any atom is -0.458 e. The Morgan fingerprint density at radius 2 is 1.52 bits per heavy atom. The van der Waals surface area contributed by atoms with Gasteiger partial charge in [-0.15, -0.1) is 0 Å². The molecule has 0 fully saturated rings. The Morgan fingerprint density at radius 3 is 2.00 bits per heavy atom. The first-order chi connectivity index (χ1) is 13.4. The molecule has 1 amide bonds. The molecular formula is C22H33NO6. The Kier molecular flexibility index (Phi) is 9.14. The zero-order chi connectivity index (χ0) is 22.2. The molecule has 0 saturated carbocycles. The van der Waals surface area contributed by atoms with Crippen molar-refractivity contribution < 1.29 is 28.6 Å². The van der Waals surface area contributed by atoms with E-state index in [-0.39, 0.29) is 18.4 Å². The fraction of sp³-hybridized carbons (Fsp3) is 0.591. The van der Waals surface area contributed by atoms with Gasteiger partial charge in [0.25, 0.3) is 0 Å². The van der Waals surface area contributed by atoms with E-state index in [1.807, 2.05) is 30.3 Å². The summed E-state index contributed by atoms with van der Waals surface area (Å²) in [7, 11) is 0. The second-order valence-electron chi connectivity index (χ2n) is 8.56. The maximum absolute atomic E-state index is 12.7. The molecule has 0 heterocycles. The van der Waals surface area contributed by atoms with E-state index in [1.165, 1.54) is 0 Å². The predicted octanol–water partition coefficient (Wildman–Crippen LogP) is 3.85. The van der Waals surface area contributed by atoms with Crippen LogP contribution in [-0.2, 0) is 30.4 Å². The van der Waals surface area contributed by atoms with E-state index in [9.17, 15) is 14.4 Å². The molecule has 1 N–H and O–H groups in total. The van der Waals surface area contributed by atoms with Crippen LogP contribution in [0.15, 0.2) is 30.3 Å². The van der Waals surface area contributed by atoms with E-state index in [0.717, 1.165) is 5.56 Å². The van der Waals surface area contributed by atoms with Crippen LogP contribution < -0.4 is 5.32 Å². The van der Waals surface area contributed by atoms with Crippen LogP contribution in [0, 0.1) is 11.8 Å². The van der Waals surface area contributed by atoms with Crippen molar-refractivity contribution in [2.75, 3.05) is 0 Å². The molecular weight excluding hydrogens is 374 g/mol. The maximum atomic E-state index is 12.7. The van der Waals surface area contributed by atoms with E-state index in [4.69, 9.17) is 14.2 Å². The fourth-order valence-electron chi connectivity index (χ4n) is 2.40. The second-order valence-corrected chi connectivity index (χ2v) is 8.56. The van der Waals surface area contributed by atoms with Crippen molar-refractivity contribution in [3.05, 3.63) is 35.9 Å². The second kappa shape index (κ2) is 10.8. The molecule has 0 bridgehead atoms. The Hall–Kier alpha value is -2.57. The van der Waals surface area contributed by atoms with E-state index in [0.29, 0.717) is 0 Å². The highest BCUT2D eigenvalue weighted by atomic mass is 16.6. The summed E-state index contributed by atoms with van der Waals surface area (Å²) in [6.45, 7) is 12.3. The van der Waals surface area contributed by atoms with Crippen LogP contribution >= 0.6 is 0 Å². The fourth-order valence-corrected chi connectivity index (χ4v) is 2.40. The number of alkyl carbamates (subject to hydrolysis) is 1. The molecule has 0 spiro atoms. The van der Waals surface area contributed by atoms with Gasteiger partial charge in [-0.25, -0.2) is 14.4 Å². The van der Waals surface area contributed by atoms with Gasteiger partial charge in [0.2, 0.25) is 6.10 Å². The van der Waals surface area contributed by atoms with Gasteiger partial charge >= 0.3 is 18.0 Å². The smallest absolute Gasteiger partial charge is 0.408 e. The number of rotatable bonds is 8. The molecule has 0 saturated heterocycles. The van der Waals surface area contributed by atoms with Crippen molar-refractivity contribution >= 4 is 18.0 Å². The first-order valence-corrected chi connectivity index (χ1v) is 9.81. The molecule has 162 valence electrons. The normalized spacial score (nSPS) is 13.6. The summed E-state index contributed by atoms with van der Waals surface area (Å²) >= 11 is 0. The lowest BCUT2D eigenvalue weighted by Gasteiger charge is -2.27. The summed E-state index contributed by atoms with van der Waals surface area (Å²) in [5.41, 5.74) is 0.137. The van der Waals surface area contributed by atoms with E-state index >= 15 is 0 Å². The highest BCUT2D eigenvalue weighted by Gasteiger charge is 2.34. The topological polar surface area (TPSA) is 90.9 Å². The number of ether oxygens (including phenoxy) is 3. The van der Waals surface area contributed by atoms with E-state index in [2.05, 4.69) is 5.32 Å². The van der Waals surface area contributed by atoms with Crippen LogP contribution in [0.3, 0.4) is 0 Å². The van der Waals surface area contributed by atoms with Gasteiger partial charge in [0.1, 0.15) is 18.2 Å². The van der Waals surface area contributed by atoms with Crippen LogP contribution in [0.4, 0.5) is 4.79 Å². The number of nitrogens with one attached hydrogen (secondary N) is 1. The highest BCUT2D eigenvalue weighted by Crippen LogP contribution is 2.15. The van der Waals surface area contributed by atoms with Crippen LogP contribution in [0.25, 0.3) is 0 Å². The molecule has 0 aliphatic carbocycles. The van der Waals surface area contributed by atoms with Crippen molar-refractivity contribution in [2.45, 2.75) is 72.8 Å². The molecule has 0 aliphatic heterocycles. The minimum absolute atomic E-state index is 0.0875. The number of carbonyl (C=O) groups is 3. The number of carbonyl (C=O) groups excluding carboxylic acids is 3. The van der Waals surface area contributed by atoms with Crippen LogP contribution in [0.5, 0.6) is 0 Å². The minimum atomic E-state index is -1.08. The van der Waals surface area contributed by atoms with Gasteiger partial charge in [0.05, 0.1) is 0 Å². The van der Waals surface area contributed by atoms with Crippen molar-refractivity contribution in [1.29, 1.82) is 0 Å². The largest absolute Gasteiger partial charge is 0.458 e. The Morgan fingerprint density at radius 1 is 0.931 bits per heavy atom. The van der Waals surface area contributed by atoms with Crippen molar-refractivity contribution in [3.63, 3.8) is 0 Å². The lowest BCUT2D eigenvalue weighted by atomic mass is 10.0. The molecule has 2 unspecified atom stereocenters. The molecule has 7 heteroatoms. The summed E-state index contributed by atoms with van der Waals surface area (Å²) < 4.78 is 16.0. The first kappa shape index (κ1) is 24.5.